The van der Waals surface area contributed by atoms with E-state index in [-0.39, 0.29) is 55.6 Å². The number of nitrogens with zero attached hydrogens (tertiary/aromatic N) is 3. The molecule has 0 aliphatic carbocycles. The van der Waals surface area contributed by atoms with Crippen molar-refractivity contribution in [2.45, 2.75) is 19.8 Å². The Morgan fingerprint density at radius 2 is 1.73 bits per heavy atom. The number of methoxy groups -OCH3 is 1. The maximum absolute atomic E-state index is 13.5. The Bertz CT molecular complexity index is 1750. The molecule has 0 spiro atoms. The van der Waals surface area contributed by atoms with Crippen molar-refractivity contribution in [1.82, 2.24) is 14.5 Å². The van der Waals surface area contributed by atoms with Crippen LogP contribution < -0.4 is 24.5 Å². The van der Waals surface area contributed by atoms with Crippen molar-refractivity contribution in [2.75, 3.05) is 34.1 Å². The van der Waals surface area contributed by atoms with Crippen molar-refractivity contribution in [3.63, 3.8) is 0 Å². The summed E-state index contributed by atoms with van der Waals surface area (Å²) < 4.78 is 28.6. The first kappa shape index (κ1) is 26.7. The first-order chi connectivity index (χ1) is 19.2. The molecule has 0 bridgehead atoms. The van der Waals surface area contributed by atoms with E-state index in [1.165, 1.54) is 36.6 Å². The lowest BCUT2D eigenvalue weighted by Crippen LogP contribution is -2.33. The van der Waals surface area contributed by atoms with Gasteiger partial charge >= 0.3 is 12.1 Å². The number of carbonyl (C=O) groups is 3. The molecule has 0 atom stereocenters. The van der Waals surface area contributed by atoms with Gasteiger partial charge < -0.3 is 37.9 Å². The predicted molar refractivity (Wildman–Crippen MR) is 144 cm³/mol. The summed E-state index contributed by atoms with van der Waals surface area (Å²) in [5.74, 6) is 0.827. The van der Waals surface area contributed by atoms with E-state index in [0.29, 0.717) is 38.7 Å². The number of rotatable bonds is 8. The molecule has 40 heavy (non-hydrogen) atoms. The first-order valence-corrected chi connectivity index (χ1v) is 12.5. The van der Waals surface area contributed by atoms with Crippen LogP contribution in [0.3, 0.4) is 0 Å². The molecule has 208 valence electrons. The van der Waals surface area contributed by atoms with Crippen molar-refractivity contribution in [1.29, 1.82) is 0 Å². The molecule has 1 aliphatic heterocycles. The van der Waals surface area contributed by atoms with Gasteiger partial charge in [0, 0.05) is 48.9 Å². The highest BCUT2D eigenvalue weighted by Gasteiger charge is 2.22. The van der Waals surface area contributed by atoms with Crippen LogP contribution in [0.25, 0.3) is 32.6 Å². The summed E-state index contributed by atoms with van der Waals surface area (Å²) in [7, 11) is 4.57. The Kier molecular flexibility index (Phi) is 7.16. The van der Waals surface area contributed by atoms with Crippen LogP contribution in [0.2, 0.25) is 0 Å². The summed E-state index contributed by atoms with van der Waals surface area (Å²) >= 11 is 0. The summed E-state index contributed by atoms with van der Waals surface area (Å²) in [5.41, 5.74) is 1.000. The Labute approximate surface area is 227 Å². The number of amides is 1. The van der Waals surface area contributed by atoms with Crippen molar-refractivity contribution >= 4 is 50.4 Å². The number of ketones is 1. The standard InChI is InChI=1S/C28H27N3O9/c1-15(32)5-6-25(33)37-8-7-30(2)28(35)40-24-10-17-16(9-21(24)36-4)19-13-29-20-12-23-22(38-14-39-23)11-18(20)26(19)31(3)27(17)34/h9-13H,5-8,14H2,1-4H3. The molecular weight excluding hydrogens is 522 g/mol. The van der Waals surface area contributed by atoms with Crippen LogP contribution in [0.4, 0.5) is 4.79 Å². The Balaban J connectivity index is 1.44. The Morgan fingerprint density at radius 3 is 2.45 bits per heavy atom. The fourth-order valence-corrected chi connectivity index (χ4v) is 4.52. The van der Waals surface area contributed by atoms with Gasteiger partial charge in [-0.1, -0.05) is 0 Å². The summed E-state index contributed by atoms with van der Waals surface area (Å²) in [5, 5.41) is 2.31. The molecule has 2 aromatic heterocycles. The molecular formula is C28H27N3O9. The van der Waals surface area contributed by atoms with Gasteiger partial charge in [-0.25, -0.2) is 4.79 Å². The highest BCUT2D eigenvalue weighted by molar-refractivity contribution is 6.15. The molecule has 12 heteroatoms. The smallest absolute Gasteiger partial charge is 0.415 e. The third-order valence-electron chi connectivity index (χ3n) is 6.68. The van der Waals surface area contributed by atoms with Crippen molar-refractivity contribution in [3.05, 3.63) is 40.8 Å². The molecule has 1 aliphatic rings. The number of hydrogen-bond donors (Lipinski definition) is 0. The average Bonchev–Trinajstić information content (AvgIpc) is 3.40. The van der Waals surface area contributed by atoms with E-state index in [1.54, 1.807) is 25.4 Å². The van der Waals surface area contributed by atoms with Crippen LogP contribution in [-0.4, -0.2) is 66.4 Å². The molecule has 0 saturated carbocycles. The number of aromatic nitrogens is 2. The molecule has 12 nitrogen and oxygen atoms in total. The van der Waals surface area contributed by atoms with Gasteiger partial charge in [0.2, 0.25) is 6.79 Å². The average molecular weight is 550 g/mol. The van der Waals surface area contributed by atoms with Gasteiger partial charge in [0.15, 0.2) is 23.0 Å². The van der Waals surface area contributed by atoms with E-state index in [2.05, 4.69) is 4.98 Å². The quantitative estimate of drug-likeness (QED) is 0.238. The highest BCUT2D eigenvalue weighted by atomic mass is 16.7. The number of ether oxygens (including phenoxy) is 5. The lowest BCUT2D eigenvalue weighted by atomic mass is 10.0. The summed E-state index contributed by atoms with van der Waals surface area (Å²) in [4.78, 5) is 54.8. The lowest BCUT2D eigenvalue weighted by Gasteiger charge is -2.19. The third kappa shape index (κ3) is 4.95. The van der Waals surface area contributed by atoms with Gasteiger partial charge in [-0.15, -0.1) is 0 Å². The van der Waals surface area contributed by atoms with Crippen LogP contribution in [0, 0.1) is 0 Å². The normalized spacial score (nSPS) is 12.1. The molecule has 0 radical (unpaired) electrons. The topological polar surface area (TPSA) is 135 Å². The third-order valence-corrected chi connectivity index (χ3v) is 6.68. The SMILES string of the molecule is COc1cc2c(cc1OC(=O)N(C)CCOC(=O)CCC(C)=O)c(=O)n(C)c1c3cc4c(cc3ncc21)OCO4. The van der Waals surface area contributed by atoms with Gasteiger partial charge in [0.05, 0.1) is 36.5 Å². The van der Waals surface area contributed by atoms with Crippen molar-refractivity contribution in [2.24, 2.45) is 7.05 Å². The molecule has 2 aromatic carbocycles. The predicted octanol–water partition coefficient (Wildman–Crippen LogP) is 3.32. The molecule has 4 aromatic rings. The summed E-state index contributed by atoms with van der Waals surface area (Å²) in [6.45, 7) is 1.51. The van der Waals surface area contributed by atoms with E-state index in [4.69, 9.17) is 23.7 Å². The molecule has 5 rings (SSSR count). The number of fused-ring (bicyclic) bond motifs is 6. The van der Waals surface area contributed by atoms with Gasteiger partial charge in [-0.2, -0.15) is 0 Å². The number of esters is 1. The van der Waals surface area contributed by atoms with Crippen molar-refractivity contribution < 1.29 is 38.1 Å². The molecule has 0 unspecified atom stereocenters. The Morgan fingerprint density at radius 1 is 1.00 bits per heavy atom. The van der Waals surface area contributed by atoms with E-state index in [9.17, 15) is 19.2 Å². The Hall–Kier alpha value is -4.87. The van der Waals surface area contributed by atoms with Gasteiger partial charge in [-0.3, -0.25) is 14.6 Å². The monoisotopic (exact) mass is 549 g/mol. The molecule has 3 heterocycles. The lowest BCUT2D eigenvalue weighted by molar-refractivity contribution is -0.144. The van der Waals surface area contributed by atoms with Crippen LogP contribution >= 0.6 is 0 Å². The zero-order valence-corrected chi connectivity index (χ0v) is 22.4. The zero-order chi connectivity index (χ0) is 28.6. The van der Waals surface area contributed by atoms with Crippen LogP contribution in [0.1, 0.15) is 19.8 Å². The number of Topliss-reactive ketones (excluding diaryl/α,β-unsaturated/α-hetero) is 1. The number of hydrogen-bond acceptors (Lipinski definition) is 10. The zero-order valence-electron chi connectivity index (χ0n) is 22.4. The summed E-state index contributed by atoms with van der Waals surface area (Å²) in [6, 6.07) is 6.69. The molecule has 1 amide bonds. The molecule has 0 N–H and O–H groups in total. The van der Waals surface area contributed by atoms with Crippen molar-refractivity contribution in [3.8, 4) is 23.0 Å². The van der Waals surface area contributed by atoms with E-state index >= 15 is 0 Å². The van der Waals surface area contributed by atoms with Crippen LogP contribution in [0.15, 0.2) is 35.3 Å². The van der Waals surface area contributed by atoms with Gasteiger partial charge in [0.1, 0.15) is 12.4 Å². The summed E-state index contributed by atoms with van der Waals surface area (Å²) in [6.07, 6.45) is 1.03. The molecule has 0 saturated heterocycles. The number of pyridine rings is 2. The highest BCUT2D eigenvalue weighted by Crippen LogP contribution is 2.40. The minimum Gasteiger partial charge on any atom is -0.493 e. The second kappa shape index (κ2) is 10.7. The second-order valence-electron chi connectivity index (χ2n) is 9.37. The van der Waals surface area contributed by atoms with E-state index < -0.39 is 12.1 Å². The largest absolute Gasteiger partial charge is 0.493 e. The second-order valence-corrected chi connectivity index (χ2v) is 9.37. The van der Waals surface area contributed by atoms with E-state index in [0.717, 1.165) is 5.39 Å². The van der Waals surface area contributed by atoms with Crippen LogP contribution in [0.5, 0.6) is 23.0 Å². The minimum absolute atomic E-state index is 0.0167. The number of likely N-dealkylation sites (N-methyl/N-ethyl adjacent to an activating group) is 1. The number of aryl methyl sites for hydroxylation is 1. The first-order valence-electron chi connectivity index (χ1n) is 12.5. The van der Waals surface area contributed by atoms with Gasteiger partial charge in [-0.05, 0) is 25.1 Å². The van der Waals surface area contributed by atoms with E-state index in [1.807, 2.05) is 6.07 Å². The fraction of sp³-hybridized carbons (Fsp3) is 0.321. The van der Waals surface area contributed by atoms with Crippen LogP contribution in [-0.2, 0) is 21.4 Å². The van der Waals surface area contributed by atoms with Gasteiger partial charge in [0.25, 0.3) is 5.56 Å². The minimum atomic E-state index is -0.737. The maximum Gasteiger partial charge on any atom is 0.415 e. The fourth-order valence-electron chi connectivity index (χ4n) is 4.52. The number of carbonyl (C=O) groups excluding carboxylic acids is 3. The molecule has 0 fully saturated rings. The number of benzene rings is 2. The maximum atomic E-state index is 13.5.